The summed E-state index contributed by atoms with van der Waals surface area (Å²) in [5.74, 6) is -0.585. The zero-order chi connectivity index (χ0) is 12.8. The van der Waals surface area contributed by atoms with Crippen LogP contribution in [-0.2, 0) is 14.3 Å². The Hall–Kier alpha value is -1.57. The van der Waals surface area contributed by atoms with Gasteiger partial charge in [0, 0.05) is 19.5 Å². The number of carbonyl (C=O) groups excluding carboxylic acids is 2. The molecule has 5 nitrogen and oxygen atoms in total. The van der Waals surface area contributed by atoms with Gasteiger partial charge in [-0.15, -0.1) is 0 Å². The molecule has 0 bridgehead atoms. The quantitative estimate of drug-likeness (QED) is 0.690. The molecule has 0 spiro atoms. The van der Waals surface area contributed by atoms with E-state index >= 15 is 0 Å². The number of rotatable bonds is 3. The van der Waals surface area contributed by atoms with Crippen molar-refractivity contribution in [3.05, 3.63) is 0 Å². The Morgan fingerprint density at radius 2 is 2.29 bits per heavy atom. The molecule has 0 radical (unpaired) electrons. The van der Waals surface area contributed by atoms with Crippen LogP contribution in [0.1, 0.15) is 33.1 Å². The summed E-state index contributed by atoms with van der Waals surface area (Å²) in [6.07, 6.45) is 1.27. The second-order valence-corrected chi connectivity index (χ2v) is 4.24. The Balaban J connectivity index is 2.52. The maximum absolute atomic E-state index is 11.7. The molecular weight excluding hydrogens is 220 g/mol. The van der Waals surface area contributed by atoms with Crippen molar-refractivity contribution in [2.75, 3.05) is 13.1 Å². The molecule has 1 fully saturated rings. The number of ether oxygens (including phenoxy) is 1. The van der Waals surface area contributed by atoms with E-state index in [1.807, 2.05) is 13.0 Å². The van der Waals surface area contributed by atoms with Crippen LogP contribution in [0.5, 0.6) is 0 Å². The van der Waals surface area contributed by atoms with Gasteiger partial charge in [0.15, 0.2) is 6.10 Å². The number of esters is 1. The number of carbonyl (C=O) groups is 2. The van der Waals surface area contributed by atoms with Gasteiger partial charge < -0.3 is 9.64 Å². The number of hydrogen-bond acceptors (Lipinski definition) is 4. The van der Waals surface area contributed by atoms with Gasteiger partial charge >= 0.3 is 5.97 Å². The number of amides is 1. The second-order valence-electron chi connectivity index (χ2n) is 4.24. The maximum atomic E-state index is 11.7. The fourth-order valence-electron chi connectivity index (χ4n) is 1.92. The van der Waals surface area contributed by atoms with Gasteiger partial charge in [0.25, 0.3) is 0 Å². The van der Waals surface area contributed by atoms with Crippen LogP contribution in [0.2, 0.25) is 0 Å². The number of nitriles is 1. The second kappa shape index (κ2) is 6.24. The predicted octanol–water partition coefficient (Wildman–Crippen LogP) is 1.09. The van der Waals surface area contributed by atoms with E-state index < -0.39 is 6.10 Å². The lowest BCUT2D eigenvalue weighted by molar-refractivity contribution is -0.153. The monoisotopic (exact) mass is 238 g/mol. The molecule has 0 N–H and O–H groups in total. The summed E-state index contributed by atoms with van der Waals surface area (Å²) in [5.41, 5.74) is 0. The fraction of sp³-hybridized carbons (Fsp3) is 0.750. The highest BCUT2D eigenvalue weighted by atomic mass is 16.5. The summed E-state index contributed by atoms with van der Waals surface area (Å²) >= 11 is 0. The highest BCUT2D eigenvalue weighted by Gasteiger charge is 2.29. The smallest absolute Gasteiger partial charge is 0.312 e. The molecule has 17 heavy (non-hydrogen) atoms. The van der Waals surface area contributed by atoms with Crippen molar-refractivity contribution in [1.29, 1.82) is 5.26 Å². The van der Waals surface area contributed by atoms with Gasteiger partial charge in [0.2, 0.25) is 5.91 Å². The largest absolute Gasteiger partial charge is 0.447 e. The third kappa shape index (κ3) is 3.74. The molecule has 5 heteroatoms. The van der Waals surface area contributed by atoms with E-state index in [1.54, 1.807) is 4.90 Å². The normalized spacial score (nSPS) is 21.5. The number of nitrogens with zero attached hydrogens (tertiary/aromatic N) is 2. The van der Waals surface area contributed by atoms with Crippen molar-refractivity contribution >= 4 is 11.9 Å². The van der Waals surface area contributed by atoms with E-state index in [2.05, 4.69) is 0 Å². The molecule has 0 unspecified atom stereocenters. The Labute approximate surface area is 101 Å². The molecular formula is C12H18N2O3. The Morgan fingerprint density at radius 3 is 2.88 bits per heavy atom. The molecule has 1 aliphatic rings. The molecule has 1 rings (SSSR count). The average Bonchev–Trinajstić information content (AvgIpc) is 2.37. The summed E-state index contributed by atoms with van der Waals surface area (Å²) in [4.78, 5) is 24.9. The summed E-state index contributed by atoms with van der Waals surface area (Å²) < 4.78 is 4.96. The van der Waals surface area contributed by atoms with Crippen molar-refractivity contribution in [3.8, 4) is 6.07 Å². The van der Waals surface area contributed by atoms with Crippen LogP contribution < -0.4 is 0 Å². The zero-order valence-electron chi connectivity index (χ0n) is 10.3. The minimum atomic E-state index is -0.722. The number of hydrogen-bond donors (Lipinski definition) is 0. The lowest BCUT2D eigenvalue weighted by Gasteiger charge is -2.31. The van der Waals surface area contributed by atoms with E-state index in [9.17, 15) is 9.59 Å². The van der Waals surface area contributed by atoms with Crippen molar-refractivity contribution in [2.45, 2.75) is 39.2 Å². The molecule has 1 saturated heterocycles. The maximum Gasteiger partial charge on any atom is 0.312 e. The van der Waals surface area contributed by atoms with E-state index in [0.717, 1.165) is 12.8 Å². The first-order chi connectivity index (χ1) is 8.08. The van der Waals surface area contributed by atoms with Gasteiger partial charge in [0.1, 0.15) is 6.07 Å². The average molecular weight is 238 g/mol. The van der Waals surface area contributed by atoms with Crippen LogP contribution in [-0.4, -0.2) is 36.0 Å². The minimum Gasteiger partial charge on any atom is -0.447 e. The molecule has 1 heterocycles. The molecule has 1 amide bonds. The molecule has 94 valence electrons. The van der Waals surface area contributed by atoms with E-state index in [4.69, 9.17) is 10.00 Å². The molecule has 1 aliphatic heterocycles. The van der Waals surface area contributed by atoms with E-state index in [0.29, 0.717) is 19.5 Å². The summed E-state index contributed by atoms with van der Waals surface area (Å²) in [7, 11) is 0. The first-order valence-corrected chi connectivity index (χ1v) is 5.96. The topological polar surface area (TPSA) is 70.4 Å². The lowest BCUT2D eigenvalue weighted by Crippen LogP contribution is -2.42. The third-order valence-electron chi connectivity index (χ3n) is 2.88. The Bertz CT molecular complexity index is 335. The molecule has 0 aromatic rings. The van der Waals surface area contributed by atoms with Crippen molar-refractivity contribution in [3.63, 3.8) is 0 Å². The van der Waals surface area contributed by atoms with Crippen LogP contribution in [0.15, 0.2) is 0 Å². The van der Waals surface area contributed by atoms with Crippen LogP contribution in [0.25, 0.3) is 0 Å². The van der Waals surface area contributed by atoms with Gasteiger partial charge in [0.05, 0.1) is 5.92 Å². The van der Waals surface area contributed by atoms with Crippen molar-refractivity contribution in [1.82, 2.24) is 4.90 Å². The van der Waals surface area contributed by atoms with Gasteiger partial charge in [-0.05, 0) is 19.8 Å². The first-order valence-electron chi connectivity index (χ1n) is 5.96. The van der Waals surface area contributed by atoms with Crippen molar-refractivity contribution < 1.29 is 14.3 Å². The van der Waals surface area contributed by atoms with Crippen LogP contribution in [0.4, 0.5) is 0 Å². The van der Waals surface area contributed by atoms with Crippen molar-refractivity contribution in [2.24, 2.45) is 5.92 Å². The van der Waals surface area contributed by atoms with Crippen LogP contribution >= 0.6 is 0 Å². The predicted molar refractivity (Wildman–Crippen MR) is 60.8 cm³/mol. The summed E-state index contributed by atoms with van der Waals surface area (Å²) in [5, 5.41) is 8.57. The van der Waals surface area contributed by atoms with Gasteiger partial charge in [-0.3, -0.25) is 9.59 Å². The summed E-state index contributed by atoms with van der Waals surface area (Å²) in [6.45, 7) is 4.48. The minimum absolute atomic E-state index is 0.0656. The highest BCUT2D eigenvalue weighted by molar-refractivity contribution is 5.78. The number of piperidine rings is 1. The fourth-order valence-corrected chi connectivity index (χ4v) is 1.92. The molecule has 0 aromatic carbocycles. The third-order valence-corrected chi connectivity index (χ3v) is 2.88. The van der Waals surface area contributed by atoms with E-state index in [1.165, 1.54) is 6.92 Å². The van der Waals surface area contributed by atoms with Crippen LogP contribution in [0, 0.1) is 17.2 Å². The Kier molecular flexibility index (Phi) is 4.95. The highest BCUT2D eigenvalue weighted by Crippen LogP contribution is 2.19. The Morgan fingerprint density at radius 1 is 1.59 bits per heavy atom. The van der Waals surface area contributed by atoms with Crippen LogP contribution in [0.3, 0.4) is 0 Å². The molecule has 2 atom stereocenters. The van der Waals surface area contributed by atoms with Gasteiger partial charge in [-0.2, -0.15) is 5.26 Å². The number of likely N-dealkylation sites (tertiary alicyclic amines) is 1. The summed E-state index contributed by atoms with van der Waals surface area (Å²) in [6, 6.07) is 1.86. The molecule has 0 aliphatic carbocycles. The lowest BCUT2D eigenvalue weighted by atomic mass is 9.98. The van der Waals surface area contributed by atoms with Gasteiger partial charge in [-0.1, -0.05) is 6.92 Å². The van der Waals surface area contributed by atoms with E-state index in [-0.39, 0.29) is 17.8 Å². The molecule has 0 aromatic heterocycles. The zero-order valence-corrected chi connectivity index (χ0v) is 10.3. The SMILES string of the molecule is CCC(=O)N1CCC[C@H](C(=O)O[C@H](C)C#N)C1. The van der Waals surface area contributed by atoms with Gasteiger partial charge in [-0.25, -0.2) is 0 Å². The first kappa shape index (κ1) is 13.5. The molecule has 0 saturated carbocycles. The standard InChI is InChI=1S/C12H18N2O3/c1-3-11(15)14-6-4-5-10(8-14)12(16)17-9(2)7-13/h9-10H,3-6,8H2,1-2H3/t9-,10+/m1/s1.